The van der Waals surface area contributed by atoms with Gasteiger partial charge in [-0.15, -0.1) is 0 Å². The molecule has 0 aliphatic carbocycles. The van der Waals surface area contributed by atoms with Crippen LogP contribution in [0.4, 0.5) is 14.6 Å². The van der Waals surface area contributed by atoms with E-state index >= 15 is 0 Å². The Kier molecular flexibility index (Phi) is 7.58. The van der Waals surface area contributed by atoms with Crippen molar-refractivity contribution in [3.63, 3.8) is 0 Å². The largest absolute Gasteiger partial charge is 0.384 e. The van der Waals surface area contributed by atoms with Crippen molar-refractivity contribution in [3.05, 3.63) is 113 Å². The third-order valence-corrected chi connectivity index (χ3v) is 5.55. The van der Waals surface area contributed by atoms with Crippen LogP contribution in [0, 0.1) is 23.0 Å². The molecule has 7 nitrogen and oxygen atoms in total. The first-order valence-electron chi connectivity index (χ1n) is 11.1. The highest BCUT2D eigenvalue weighted by molar-refractivity contribution is 5.94. The van der Waals surface area contributed by atoms with E-state index in [0.717, 1.165) is 0 Å². The fourth-order valence-corrected chi connectivity index (χ4v) is 3.66. The molecule has 0 spiro atoms. The molecule has 0 aliphatic heterocycles. The molecule has 180 valence electrons. The minimum absolute atomic E-state index is 0.122. The van der Waals surface area contributed by atoms with E-state index < -0.39 is 17.7 Å². The van der Waals surface area contributed by atoms with Gasteiger partial charge in [-0.05, 0) is 53.6 Å². The number of pyridine rings is 2. The van der Waals surface area contributed by atoms with Crippen molar-refractivity contribution >= 4 is 11.7 Å². The Hall–Kier alpha value is -4.68. The second-order valence-corrected chi connectivity index (χ2v) is 8.04. The number of nitrogens with one attached hydrogen (secondary N) is 2. The quantitative estimate of drug-likeness (QED) is 0.346. The molecule has 2 heterocycles. The third kappa shape index (κ3) is 5.87. The van der Waals surface area contributed by atoms with E-state index in [9.17, 15) is 18.8 Å². The minimum atomic E-state index is -0.640. The number of anilines is 1. The summed E-state index contributed by atoms with van der Waals surface area (Å²) in [7, 11) is 0. The van der Waals surface area contributed by atoms with Crippen LogP contribution in [0.25, 0.3) is 11.1 Å². The molecule has 1 amide bonds. The van der Waals surface area contributed by atoms with Crippen LogP contribution in [-0.4, -0.2) is 22.4 Å². The first-order chi connectivity index (χ1) is 17.4. The van der Waals surface area contributed by atoms with Crippen LogP contribution in [0.15, 0.2) is 79.3 Å². The predicted molar refractivity (Wildman–Crippen MR) is 131 cm³/mol. The fraction of sp³-hybridized carbons (Fsp3) is 0.111. The molecule has 4 aromatic rings. The average molecular weight is 485 g/mol. The van der Waals surface area contributed by atoms with Gasteiger partial charge in [0.15, 0.2) is 0 Å². The summed E-state index contributed by atoms with van der Waals surface area (Å²) in [6.45, 7) is 0.552. The molecule has 0 aliphatic rings. The second kappa shape index (κ2) is 11.2. The number of carbonyl (C=O) groups is 1. The fourth-order valence-electron chi connectivity index (χ4n) is 3.66. The Labute approximate surface area is 206 Å². The first kappa shape index (κ1) is 24.4. The number of amides is 1. The van der Waals surface area contributed by atoms with E-state index in [4.69, 9.17) is 5.73 Å². The molecule has 0 saturated carbocycles. The number of hydrogen-bond acceptors (Lipinski definition) is 6. The Morgan fingerprint density at radius 2 is 1.92 bits per heavy atom. The maximum Gasteiger partial charge on any atom is 0.253 e. The van der Waals surface area contributed by atoms with Gasteiger partial charge in [-0.3, -0.25) is 9.78 Å². The van der Waals surface area contributed by atoms with Crippen molar-refractivity contribution < 1.29 is 13.6 Å². The summed E-state index contributed by atoms with van der Waals surface area (Å²) in [6.07, 6.45) is 4.51. The average Bonchev–Trinajstić information content (AvgIpc) is 2.89. The van der Waals surface area contributed by atoms with Gasteiger partial charge in [0.1, 0.15) is 23.5 Å². The number of nitrogens with zero attached hydrogens (tertiary/aromatic N) is 3. The number of aromatic nitrogens is 2. The van der Waals surface area contributed by atoms with Gasteiger partial charge >= 0.3 is 0 Å². The van der Waals surface area contributed by atoms with Crippen LogP contribution in [0.1, 0.15) is 33.1 Å². The van der Waals surface area contributed by atoms with Crippen LogP contribution in [0.3, 0.4) is 0 Å². The Bertz CT molecular complexity index is 1400. The van der Waals surface area contributed by atoms with E-state index in [0.29, 0.717) is 40.2 Å². The van der Waals surface area contributed by atoms with Crippen molar-refractivity contribution in [1.82, 2.24) is 20.6 Å². The number of halogens is 2. The molecule has 36 heavy (non-hydrogen) atoms. The normalized spacial score (nSPS) is 11.5. The maximum atomic E-state index is 14.8. The maximum absolute atomic E-state index is 14.8. The number of nitrogen functional groups attached to an aromatic ring is 1. The lowest BCUT2D eigenvalue weighted by molar-refractivity contribution is 0.0935. The summed E-state index contributed by atoms with van der Waals surface area (Å²) in [5, 5.41) is 15.3. The second-order valence-electron chi connectivity index (χ2n) is 8.04. The van der Waals surface area contributed by atoms with E-state index in [1.54, 1.807) is 42.6 Å². The summed E-state index contributed by atoms with van der Waals surface area (Å²) in [5.41, 5.74) is 8.10. The van der Waals surface area contributed by atoms with Gasteiger partial charge in [-0.1, -0.05) is 18.2 Å². The molecule has 4 rings (SSSR count). The van der Waals surface area contributed by atoms with Crippen molar-refractivity contribution in [1.29, 1.82) is 5.26 Å². The zero-order valence-corrected chi connectivity index (χ0v) is 19.1. The minimum Gasteiger partial charge on any atom is -0.384 e. The molecule has 9 heteroatoms. The predicted octanol–water partition coefficient (Wildman–Crippen LogP) is 4.14. The number of rotatable bonds is 8. The summed E-state index contributed by atoms with van der Waals surface area (Å²) >= 11 is 0. The summed E-state index contributed by atoms with van der Waals surface area (Å²) < 4.78 is 28.6. The molecular formula is C27H22F2N6O. The van der Waals surface area contributed by atoms with Crippen molar-refractivity contribution in [2.24, 2.45) is 0 Å². The molecule has 1 atom stereocenters. The zero-order valence-electron chi connectivity index (χ0n) is 19.1. The topological polar surface area (TPSA) is 117 Å². The molecule has 0 unspecified atom stereocenters. The number of nitrogens with two attached hydrogens (primary N) is 1. The van der Waals surface area contributed by atoms with Crippen LogP contribution in [0.2, 0.25) is 0 Å². The number of carbonyl (C=O) groups excluding carboxylic acids is 1. The molecule has 0 bridgehead atoms. The van der Waals surface area contributed by atoms with Crippen LogP contribution >= 0.6 is 0 Å². The van der Waals surface area contributed by atoms with Gasteiger partial charge in [0.25, 0.3) is 5.91 Å². The van der Waals surface area contributed by atoms with Crippen LogP contribution in [0.5, 0.6) is 0 Å². The van der Waals surface area contributed by atoms with Crippen LogP contribution in [-0.2, 0) is 6.54 Å². The summed E-state index contributed by atoms with van der Waals surface area (Å²) in [4.78, 5) is 20.7. The lowest BCUT2D eigenvalue weighted by atomic mass is 10.0. The van der Waals surface area contributed by atoms with Gasteiger partial charge in [0.2, 0.25) is 0 Å². The molecule has 2 aromatic heterocycles. The lowest BCUT2D eigenvalue weighted by Gasteiger charge is -2.20. The third-order valence-electron chi connectivity index (χ3n) is 5.55. The summed E-state index contributed by atoms with van der Waals surface area (Å²) in [6, 6.07) is 16.8. The molecule has 4 N–H and O–H groups in total. The number of benzene rings is 2. The zero-order chi connectivity index (χ0) is 25.5. The molecule has 0 saturated heterocycles. The smallest absolute Gasteiger partial charge is 0.253 e. The molecular weight excluding hydrogens is 462 g/mol. The van der Waals surface area contributed by atoms with E-state index in [1.807, 2.05) is 6.07 Å². The molecule has 0 fully saturated rings. The highest BCUT2D eigenvalue weighted by Gasteiger charge is 2.18. The van der Waals surface area contributed by atoms with E-state index in [2.05, 4.69) is 20.6 Å². The Morgan fingerprint density at radius 3 is 2.61 bits per heavy atom. The highest BCUT2D eigenvalue weighted by Crippen LogP contribution is 2.24. The van der Waals surface area contributed by atoms with Crippen LogP contribution < -0.4 is 16.4 Å². The SMILES string of the molecule is N#Cc1cc([C@@H](CNCc2ccc(-c3ccc(N)nc3)c(F)c2)NC(=O)c2cccnc2)ccc1F. The van der Waals surface area contributed by atoms with Crippen molar-refractivity contribution in [2.75, 3.05) is 12.3 Å². The lowest BCUT2D eigenvalue weighted by Crippen LogP contribution is -2.35. The van der Waals surface area contributed by atoms with Gasteiger partial charge < -0.3 is 16.4 Å². The Morgan fingerprint density at radius 1 is 1.06 bits per heavy atom. The van der Waals surface area contributed by atoms with Gasteiger partial charge in [0, 0.05) is 42.8 Å². The molecule has 2 aromatic carbocycles. The van der Waals surface area contributed by atoms with Crippen molar-refractivity contribution in [2.45, 2.75) is 12.6 Å². The van der Waals surface area contributed by atoms with Gasteiger partial charge in [-0.2, -0.15) is 5.26 Å². The van der Waals surface area contributed by atoms with E-state index in [-0.39, 0.29) is 18.0 Å². The number of hydrogen-bond donors (Lipinski definition) is 3. The monoisotopic (exact) mass is 484 g/mol. The standard InChI is InChI=1S/C27H22F2N6O/c28-23-7-4-18(11-21(23)12-30)25(35-27(36)20-2-1-9-32-14-20)16-33-13-17-3-6-22(24(29)10-17)19-5-8-26(31)34-15-19/h1-11,14-15,25,33H,13,16H2,(H2,31,34)(H,35,36)/t25-/m1/s1. The van der Waals surface area contributed by atoms with E-state index in [1.165, 1.54) is 36.7 Å². The van der Waals surface area contributed by atoms with Crippen molar-refractivity contribution in [3.8, 4) is 17.2 Å². The van der Waals surface area contributed by atoms with Gasteiger partial charge in [0.05, 0.1) is 17.2 Å². The Balaban J connectivity index is 1.48. The first-order valence-corrected chi connectivity index (χ1v) is 11.1. The summed E-state index contributed by atoms with van der Waals surface area (Å²) in [5.74, 6) is -1.06. The molecule has 0 radical (unpaired) electrons. The number of nitriles is 1. The highest BCUT2D eigenvalue weighted by atomic mass is 19.1. The van der Waals surface area contributed by atoms with Gasteiger partial charge in [-0.25, -0.2) is 13.8 Å².